The number of methoxy groups -OCH3 is 2. The number of carbonyl (C=O) groups excluding carboxylic acids is 1. The van der Waals surface area contributed by atoms with Gasteiger partial charge >= 0.3 is 10.4 Å². The minimum atomic E-state index is -4.67. The van der Waals surface area contributed by atoms with E-state index in [9.17, 15) is 4.79 Å². The van der Waals surface area contributed by atoms with Crippen LogP contribution in [0.25, 0.3) is 0 Å². The lowest BCUT2D eigenvalue weighted by atomic mass is 10.1. The van der Waals surface area contributed by atoms with Crippen LogP contribution in [0.5, 0.6) is 11.5 Å². The fourth-order valence-corrected chi connectivity index (χ4v) is 2.84. The zero-order valence-electron chi connectivity index (χ0n) is 20.7. The van der Waals surface area contributed by atoms with E-state index in [0.29, 0.717) is 11.3 Å². The number of benzene rings is 3. The van der Waals surface area contributed by atoms with Gasteiger partial charge in [-0.1, -0.05) is 0 Å². The van der Waals surface area contributed by atoms with E-state index in [1.165, 1.54) is 0 Å². The molecule has 0 unspecified atom stereocenters. The van der Waals surface area contributed by atoms with Crippen molar-refractivity contribution in [3.8, 4) is 11.5 Å². The molecule has 0 aromatic heterocycles. The Hall–Kier alpha value is -4.26. The highest BCUT2D eigenvalue weighted by Crippen LogP contribution is 2.14. The quantitative estimate of drug-likeness (QED) is 0.194. The number of hydrogen-bond donors (Lipinski definition) is 4. The summed E-state index contributed by atoms with van der Waals surface area (Å²) in [7, 11) is -1.42. The summed E-state index contributed by atoms with van der Waals surface area (Å²) in [4.78, 5) is 12.4. The number of ether oxygens (including phenoxy) is 2. The molecule has 0 saturated heterocycles. The largest absolute Gasteiger partial charge is 0.497 e. The van der Waals surface area contributed by atoms with Gasteiger partial charge in [0.1, 0.15) is 11.5 Å². The highest BCUT2D eigenvalue weighted by atomic mass is 32.3. The van der Waals surface area contributed by atoms with Crippen molar-refractivity contribution in [1.29, 1.82) is 0 Å². The maximum absolute atomic E-state index is 12.4. The van der Waals surface area contributed by atoms with E-state index >= 15 is 0 Å². The fourth-order valence-electron chi connectivity index (χ4n) is 2.84. The molecule has 0 saturated carbocycles. The molecule has 0 spiro atoms. The summed E-state index contributed by atoms with van der Waals surface area (Å²) in [5.74, 6) is 1.28. The Labute approximate surface area is 215 Å². The van der Waals surface area contributed by atoms with E-state index in [4.69, 9.17) is 27.0 Å². The maximum Gasteiger partial charge on any atom is 0.394 e. The van der Waals surface area contributed by atoms with Gasteiger partial charge in [-0.25, -0.2) is 5.43 Å². The molecule has 0 radical (unpaired) electrons. The molecule has 0 aliphatic carbocycles. The van der Waals surface area contributed by atoms with Crippen molar-refractivity contribution in [3.05, 3.63) is 89.5 Å². The van der Waals surface area contributed by atoms with Crippen LogP contribution < -0.4 is 20.3 Å². The van der Waals surface area contributed by atoms with Gasteiger partial charge in [-0.05, 0) is 97.8 Å². The summed E-state index contributed by atoms with van der Waals surface area (Å²) in [6, 6.07) is 22.2. The molecule has 3 aromatic carbocycles. The van der Waals surface area contributed by atoms with Crippen molar-refractivity contribution in [2.24, 2.45) is 10.2 Å². The molecule has 0 fully saturated rings. The van der Waals surface area contributed by atoms with E-state index < -0.39 is 10.4 Å². The number of amides is 1. The molecule has 196 valence electrons. The summed E-state index contributed by atoms with van der Waals surface area (Å²) in [5, 5.41) is 8.58. The van der Waals surface area contributed by atoms with Crippen LogP contribution in [-0.4, -0.2) is 49.1 Å². The standard InChI is InChI=1S/C25H26N4O3.H2O4S/c1-17(19-7-13-23(31-3)14-8-19)26-28-22-11-5-21(6-12-22)25(30)29-27-18(2)20-9-15-24(32-4)16-10-20;1-5(2,3)4/h5-16,28H,1-4H3,(H,29,30);(H2,1,2,3,4)/b26-17-,27-18+;. The summed E-state index contributed by atoms with van der Waals surface area (Å²) in [6.07, 6.45) is 0. The third kappa shape index (κ3) is 10.5. The summed E-state index contributed by atoms with van der Waals surface area (Å²) < 4.78 is 41.9. The molecule has 0 aliphatic rings. The first-order chi connectivity index (χ1) is 17.5. The van der Waals surface area contributed by atoms with Crippen LogP contribution in [-0.2, 0) is 10.4 Å². The predicted molar refractivity (Wildman–Crippen MR) is 142 cm³/mol. The van der Waals surface area contributed by atoms with Gasteiger partial charge in [-0.2, -0.15) is 18.6 Å². The normalized spacial score (nSPS) is 11.6. The first kappa shape index (κ1) is 29.0. The van der Waals surface area contributed by atoms with Crippen LogP contribution in [0.4, 0.5) is 5.69 Å². The van der Waals surface area contributed by atoms with Gasteiger partial charge in [0.25, 0.3) is 5.91 Å². The molecule has 0 heterocycles. The second-order valence-electron chi connectivity index (χ2n) is 7.43. The number of rotatable bonds is 8. The van der Waals surface area contributed by atoms with Gasteiger partial charge in [0, 0.05) is 5.56 Å². The Kier molecular flexibility index (Phi) is 10.8. The Balaban J connectivity index is 0.000000877. The molecule has 0 atom stereocenters. The lowest BCUT2D eigenvalue weighted by Gasteiger charge is -2.06. The number of hydrazone groups is 2. The molecule has 11 nitrogen and oxygen atoms in total. The average Bonchev–Trinajstić information content (AvgIpc) is 2.89. The van der Waals surface area contributed by atoms with Gasteiger partial charge in [-0.3, -0.25) is 19.3 Å². The molecule has 12 heteroatoms. The Morgan fingerprint density at radius 1 is 0.703 bits per heavy atom. The molecule has 4 N–H and O–H groups in total. The first-order valence-electron chi connectivity index (χ1n) is 10.7. The van der Waals surface area contributed by atoms with E-state index in [-0.39, 0.29) is 5.91 Å². The van der Waals surface area contributed by atoms with E-state index in [1.807, 2.05) is 62.4 Å². The summed E-state index contributed by atoms with van der Waals surface area (Å²) >= 11 is 0. The minimum Gasteiger partial charge on any atom is -0.497 e. The van der Waals surface area contributed by atoms with E-state index in [2.05, 4.69) is 21.1 Å². The lowest BCUT2D eigenvalue weighted by Crippen LogP contribution is -2.19. The zero-order valence-corrected chi connectivity index (χ0v) is 21.5. The average molecular weight is 529 g/mol. The van der Waals surface area contributed by atoms with Crippen molar-refractivity contribution < 1.29 is 31.8 Å². The van der Waals surface area contributed by atoms with Crippen LogP contribution >= 0.6 is 0 Å². The van der Waals surface area contributed by atoms with Gasteiger partial charge in [0.05, 0.1) is 31.3 Å². The maximum atomic E-state index is 12.4. The molecule has 37 heavy (non-hydrogen) atoms. The monoisotopic (exact) mass is 528 g/mol. The number of anilines is 1. The first-order valence-corrected chi connectivity index (χ1v) is 12.1. The van der Waals surface area contributed by atoms with Gasteiger partial charge in [-0.15, -0.1) is 0 Å². The molecule has 3 aromatic rings. The third-order valence-electron chi connectivity index (χ3n) is 4.84. The Morgan fingerprint density at radius 3 is 1.49 bits per heavy atom. The van der Waals surface area contributed by atoms with Gasteiger partial charge < -0.3 is 9.47 Å². The van der Waals surface area contributed by atoms with Crippen molar-refractivity contribution in [3.63, 3.8) is 0 Å². The zero-order chi connectivity index (χ0) is 27.4. The van der Waals surface area contributed by atoms with Crippen LogP contribution in [0, 0.1) is 0 Å². The number of hydrogen-bond acceptors (Lipinski definition) is 8. The minimum absolute atomic E-state index is 0.290. The topological polar surface area (TPSA) is 159 Å². The van der Waals surface area contributed by atoms with Gasteiger partial charge in [0.15, 0.2) is 0 Å². The Morgan fingerprint density at radius 2 is 1.08 bits per heavy atom. The molecular weight excluding hydrogens is 500 g/mol. The van der Waals surface area contributed by atoms with Crippen molar-refractivity contribution in [2.45, 2.75) is 13.8 Å². The second kappa shape index (κ2) is 13.7. The smallest absolute Gasteiger partial charge is 0.394 e. The highest BCUT2D eigenvalue weighted by Gasteiger charge is 2.06. The van der Waals surface area contributed by atoms with Crippen molar-refractivity contribution >= 4 is 33.4 Å². The second-order valence-corrected chi connectivity index (χ2v) is 8.33. The van der Waals surface area contributed by atoms with Crippen LogP contribution in [0.1, 0.15) is 35.3 Å². The number of nitrogens with zero attached hydrogens (tertiary/aromatic N) is 2. The summed E-state index contributed by atoms with van der Waals surface area (Å²) in [6.45, 7) is 3.75. The molecule has 3 rings (SSSR count). The van der Waals surface area contributed by atoms with E-state index in [0.717, 1.165) is 34.0 Å². The van der Waals surface area contributed by atoms with Crippen molar-refractivity contribution in [1.82, 2.24) is 5.43 Å². The molecule has 0 aliphatic heterocycles. The molecule has 1 amide bonds. The SMILES string of the molecule is COc1ccc(/C(C)=N\Nc2ccc(C(=O)N/N=C(\C)c3ccc(OC)cc3)cc2)cc1.O=S(=O)(O)O. The number of nitrogens with one attached hydrogen (secondary N) is 2. The van der Waals surface area contributed by atoms with Crippen LogP contribution in [0.15, 0.2) is 83.0 Å². The number of carbonyl (C=O) groups is 1. The molecular formula is C25H28N4O7S. The Bertz CT molecular complexity index is 1330. The fraction of sp³-hybridized carbons (Fsp3) is 0.160. The highest BCUT2D eigenvalue weighted by molar-refractivity contribution is 7.79. The van der Waals surface area contributed by atoms with Gasteiger partial charge in [0.2, 0.25) is 0 Å². The van der Waals surface area contributed by atoms with E-state index in [1.54, 1.807) is 38.5 Å². The molecule has 0 bridgehead atoms. The third-order valence-corrected chi connectivity index (χ3v) is 4.84. The lowest BCUT2D eigenvalue weighted by molar-refractivity contribution is 0.0955. The van der Waals surface area contributed by atoms with Crippen molar-refractivity contribution in [2.75, 3.05) is 19.6 Å². The summed E-state index contributed by atoms with van der Waals surface area (Å²) in [5.41, 5.74) is 10.3. The predicted octanol–water partition coefficient (Wildman–Crippen LogP) is 4.04. The van der Waals surface area contributed by atoms with Crippen LogP contribution in [0.3, 0.4) is 0 Å². The van der Waals surface area contributed by atoms with Crippen LogP contribution in [0.2, 0.25) is 0 Å².